The molecular weight excluding hydrogens is 280 g/mol. The average molecular weight is 297 g/mol. The molecule has 1 aromatic carbocycles. The van der Waals surface area contributed by atoms with Crippen LogP contribution >= 0.6 is 11.6 Å². The van der Waals surface area contributed by atoms with Gasteiger partial charge in [0.2, 0.25) is 0 Å². The highest BCUT2D eigenvalue weighted by molar-refractivity contribution is 6.30. The van der Waals surface area contributed by atoms with E-state index >= 15 is 0 Å². The zero-order valence-electron chi connectivity index (χ0n) is 11.4. The molecule has 108 valence electrons. The molecule has 1 aliphatic rings. The fourth-order valence-corrected chi connectivity index (χ4v) is 2.44. The Balaban J connectivity index is 2.28. The van der Waals surface area contributed by atoms with Crippen molar-refractivity contribution in [1.82, 2.24) is 0 Å². The Labute approximate surface area is 123 Å². The minimum absolute atomic E-state index is 0.211. The van der Waals surface area contributed by atoms with Gasteiger partial charge in [0, 0.05) is 17.9 Å². The number of esters is 1. The van der Waals surface area contributed by atoms with Gasteiger partial charge in [0.1, 0.15) is 5.75 Å². The molecule has 5 heteroatoms. The maximum absolute atomic E-state index is 12.3. The Kier molecular flexibility index (Phi) is 4.65. The molecule has 1 saturated carbocycles. The lowest BCUT2D eigenvalue weighted by molar-refractivity contribution is -0.169. The zero-order chi connectivity index (χ0) is 14.6. The van der Waals surface area contributed by atoms with Gasteiger partial charge in [-0.2, -0.15) is 0 Å². The molecular formula is C15H17ClO4. The number of carbonyl (C=O) groups excluding carboxylic acids is 2. The van der Waals surface area contributed by atoms with E-state index in [1.54, 1.807) is 31.2 Å². The van der Waals surface area contributed by atoms with E-state index in [0.717, 1.165) is 12.8 Å². The third-order valence-electron chi connectivity index (χ3n) is 3.34. The molecule has 0 aliphatic heterocycles. The van der Waals surface area contributed by atoms with Gasteiger partial charge in [-0.05, 0) is 44.0 Å². The van der Waals surface area contributed by atoms with Gasteiger partial charge >= 0.3 is 5.97 Å². The molecule has 20 heavy (non-hydrogen) atoms. The minimum Gasteiger partial charge on any atom is -0.468 e. The highest BCUT2D eigenvalue weighted by atomic mass is 35.5. The van der Waals surface area contributed by atoms with Crippen LogP contribution in [0.3, 0.4) is 0 Å². The van der Waals surface area contributed by atoms with Crippen LogP contribution in [0.1, 0.15) is 32.6 Å². The lowest BCUT2D eigenvalue weighted by Gasteiger charge is -2.33. The van der Waals surface area contributed by atoms with Crippen molar-refractivity contribution >= 4 is 23.4 Å². The molecule has 0 saturated heterocycles. The third kappa shape index (κ3) is 2.96. The maximum Gasteiger partial charge on any atom is 0.358 e. The molecule has 0 radical (unpaired) electrons. The lowest BCUT2D eigenvalue weighted by atomic mass is 9.83. The first-order valence-electron chi connectivity index (χ1n) is 6.73. The molecule has 2 rings (SSSR count). The predicted octanol–water partition coefficient (Wildman–Crippen LogP) is 3.16. The zero-order valence-corrected chi connectivity index (χ0v) is 12.1. The van der Waals surface area contributed by atoms with Crippen LogP contribution in [0.4, 0.5) is 0 Å². The number of halogens is 1. The summed E-state index contributed by atoms with van der Waals surface area (Å²) in [5.74, 6) is -0.366. The van der Waals surface area contributed by atoms with Crippen LogP contribution < -0.4 is 4.74 Å². The molecule has 1 fully saturated rings. The number of ether oxygens (including phenoxy) is 2. The van der Waals surface area contributed by atoms with E-state index in [9.17, 15) is 9.59 Å². The van der Waals surface area contributed by atoms with E-state index in [1.165, 1.54) is 0 Å². The molecule has 0 amide bonds. The summed E-state index contributed by atoms with van der Waals surface area (Å²) in [6.45, 7) is 1.93. The lowest BCUT2D eigenvalue weighted by Crippen LogP contribution is -2.54. The van der Waals surface area contributed by atoms with E-state index in [4.69, 9.17) is 21.1 Å². The Bertz CT molecular complexity index is 497. The van der Waals surface area contributed by atoms with Crippen molar-refractivity contribution < 1.29 is 19.1 Å². The van der Waals surface area contributed by atoms with Gasteiger partial charge in [-0.1, -0.05) is 11.6 Å². The van der Waals surface area contributed by atoms with Gasteiger partial charge in [0.05, 0.1) is 6.61 Å². The van der Waals surface area contributed by atoms with Crippen LogP contribution in [0.5, 0.6) is 5.75 Å². The number of rotatable bonds is 4. The first-order valence-corrected chi connectivity index (χ1v) is 7.11. The van der Waals surface area contributed by atoms with Crippen molar-refractivity contribution in [3.05, 3.63) is 29.3 Å². The largest absolute Gasteiger partial charge is 0.468 e. The standard InChI is InChI=1S/C15H17ClO4/c1-2-19-14(18)15(10-4-3-5-13(15)17)20-12-8-6-11(16)7-9-12/h6-9H,2-5,10H2,1H3. The molecule has 0 aromatic heterocycles. The number of carbonyl (C=O) groups is 2. The summed E-state index contributed by atoms with van der Waals surface area (Å²) in [7, 11) is 0. The summed E-state index contributed by atoms with van der Waals surface area (Å²) < 4.78 is 10.8. The van der Waals surface area contributed by atoms with Gasteiger partial charge in [0.15, 0.2) is 5.78 Å². The van der Waals surface area contributed by atoms with Gasteiger partial charge in [0.25, 0.3) is 5.60 Å². The smallest absolute Gasteiger partial charge is 0.358 e. The van der Waals surface area contributed by atoms with Gasteiger partial charge in [-0.15, -0.1) is 0 Å². The first kappa shape index (κ1) is 14.9. The molecule has 4 nitrogen and oxygen atoms in total. The molecule has 0 bridgehead atoms. The number of Topliss-reactive ketones (excluding diaryl/α,β-unsaturated/α-hetero) is 1. The molecule has 0 heterocycles. The summed E-state index contributed by atoms with van der Waals surface area (Å²) in [5.41, 5.74) is -1.50. The summed E-state index contributed by atoms with van der Waals surface area (Å²) in [5, 5.41) is 0.567. The van der Waals surface area contributed by atoms with Crippen LogP contribution in [0.15, 0.2) is 24.3 Å². The fraction of sp³-hybridized carbons (Fsp3) is 0.467. The van der Waals surface area contributed by atoms with Crippen molar-refractivity contribution in [2.45, 2.75) is 38.2 Å². The van der Waals surface area contributed by atoms with Crippen molar-refractivity contribution in [1.29, 1.82) is 0 Å². The molecule has 1 unspecified atom stereocenters. The third-order valence-corrected chi connectivity index (χ3v) is 3.60. The van der Waals surface area contributed by atoms with E-state index in [1.807, 2.05) is 0 Å². The monoisotopic (exact) mass is 296 g/mol. The molecule has 1 aliphatic carbocycles. The molecule has 1 aromatic rings. The Hall–Kier alpha value is -1.55. The highest BCUT2D eigenvalue weighted by Crippen LogP contribution is 2.32. The summed E-state index contributed by atoms with van der Waals surface area (Å²) in [6, 6.07) is 6.60. The minimum atomic E-state index is -1.50. The number of hydrogen-bond donors (Lipinski definition) is 0. The molecule has 0 spiro atoms. The van der Waals surface area contributed by atoms with Crippen molar-refractivity contribution in [2.24, 2.45) is 0 Å². The second-order valence-electron chi connectivity index (χ2n) is 4.73. The topological polar surface area (TPSA) is 52.6 Å². The van der Waals surface area contributed by atoms with Crippen molar-refractivity contribution in [2.75, 3.05) is 6.61 Å². The SMILES string of the molecule is CCOC(=O)C1(Oc2ccc(Cl)cc2)CCCCC1=O. The van der Waals surface area contributed by atoms with Crippen LogP contribution in [-0.4, -0.2) is 24.0 Å². The van der Waals surface area contributed by atoms with E-state index in [0.29, 0.717) is 23.6 Å². The number of ketones is 1. The van der Waals surface area contributed by atoms with Crippen LogP contribution in [0.25, 0.3) is 0 Å². The van der Waals surface area contributed by atoms with Crippen molar-refractivity contribution in [3.63, 3.8) is 0 Å². The number of benzene rings is 1. The number of hydrogen-bond acceptors (Lipinski definition) is 4. The van der Waals surface area contributed by atoms with Crippen LogP contribution in [-0.2, 0) is 14.3 Å². The summed E-state index contributed by atoms with van der Waals surface area (Å²) in [6.07, 6.45) is 2.24. The fourth-order valence-electron chi connectivity index (χ4n) is 2.32. The van der Waals surface area contributed by atoms with Gasteiger partial charge in [-0.25, -0.2) is 4.79 Å². The molecule has 1 atom stereocenters. The van der Waals surface area contributed by atoms with Crippen LogP contribution in [0, 0.1) is 0 Å². The Morgan fingerprint density at radius 2 is 2.00 bits per heavy atom. The van der Waals surface area contributed by atoms with Gasteiger partial charge < -0.3 is 9.47 Å². The Morgan fingerprint density at radius 3 is 2.60 bits per heavy atom. The second-order valence-corrected chi connectivity index (χ2v) is 5.17. The van der Waals surface area contributed by atoms with E-state index in [-0.39, 0.29) is 12.4 Å². The van der Waals surface area contributed by atoms with E-state index < -0.39 is 11.6 Å². The predicted molar refractivity (Wildman–Crippen MR) is 74.9 cm³/mol. The average Bonchev–Trinajstić information content (AvgIpc) is 2.44. The highest BCUT2D eigenvalue weighted by Gasteiger charge is 2.50. The maximum atomic E-state index is 12.3. The normalized spacial score (nSPS) is 22.4. The van der Waals surface area contributed by atoms with E-state index in [2.05, 4.69) is 0 Å². The van der Waals surface area contributed by atoms with Crippen molar-refractivity contribution in [3.8, 4) is 5.75 Å². The second kappa shape index (κ2) is 6.27. The Morgan fingerprint density at radius 1 is 1.30 bits per heavy atom. The molecule has 0 N–H and O–H groups in total. The quantitative estimate of drug-likeness (QED) is 0.632. The van der Waals surface area contributed by atoms with Gasteiger partial charge in [-0.3, -0.25) is 4.79 Å². The first-order chi connectivity index (χ1) is 9.58. The summed E-state index contributed by atoms with van der Waals surface area (Å²) in [4.78, 5) is 24.5. The van der Waals surface area contributed by atoms with Crippen LogP contribution in [0.2, 0.25) is 5.02 Å². The summed E-state index contributed by atoms with van der Waals surface area (Å²) >= 11 is 5.82.